The van der Waals surface area contributed by atoms with Gasteiger partial charge in [-0.05, 0) is 56.9 Å². The van der Waals surface area contributed by atoms with Crippen molar-refractivity contribution in [2.45, 2.75) is 39.7 Å². The zero-order chi connectivity index (χ0) is 21.3. The fraction of sp³-hybridized carbons (Fsp3) is 0.391. The Hall–Kier alpha value is -3.22. The molecule has 0 aliphatic carbocycles. The number of likely N-dealkylation sites (tertiary alicyclic amines) is 1. The van der Waals surface area contributed by atoms with Crippen LogP contribution in [0.5, 0.6) is 0 Å². The largest absolute Gasteiger partial charge is 0.348 e. The summed E-state index contributed by atoms with van der Waals surface area (Å²) in [5, 5.41) is 8.16. The Morgan fingerprint density at radius 1 is 1.07 bits per heavy atom. The standard InChI is InChI=1S/C23H27N5O2/c1-15-13-19(20-16(2)26-27(3)21(20)25-15)22(29)24-14-17-7-9-18(10-8-17)23(30)28-11-5-4-6-12-28/h7-10,13H,4-6,11-12,14H2,1-3H3,(H,24,29). The lowest BCUT2D eigenvalue weighted by Crippen LogP contribution is -2.35. The number of benzene rings is 1. The molecule has 3 heterocycles. The molecule has 7 nitrogen and oxygen atoms in total. The molecular formula is C23H27N5O2. The van der Waals surface area contributed by atoms with Gasteiger partial charge in [-0.25, -0.2) is 4.98 Å². The van der Waals surface area contributed by atoms with E-state index in [9.17, 15) is 9.59 Å². The normalized spacial score (nSPS) is 14.2. The van der Waals surface area contributed by atoms with Gasteiger partial charge < -0.3 is 10.2 Å². The Bertz CT molecular complexity index is 1090. The number of carbonyl (C=O) groups is 2. The third-order valence-electron chi connectivity index (χ3n) is 5.64. The summed E-state index contributed by atoms with van der Waals surface area (Å²) in [4.78, 5) is 31.9. The average molecular weight is 406 g/mol. The van der Waals surface area contributed by atoms with Gasteiger partial charge in [-0.15, -0.1) is 0 Å². The zero-order valence-electron chi connectivity index (χ0n) is 17.7. The van der Waals surface area contributed by atoms with E-state index >= 15 is 0 Å². The van der Waals surface area contributed by atoms with Gasteiger partial charge in [0, 0.05) is 37.9 Å². The second kappa shape index (κ2) is 8.26. The number of carbonyl (C=O) groups excluding carboxylic acids is 2. The third-order valence-corrected chi connectivity index (χ3v) is 5.64. The molecule has 1 aromatic carbocycles. The molecule has 0 atom stereocenters. The van der Waals surface area contributed by atoms with Crippen LogP contribution in [0.15, 0.2) is 30.3 Å². The second-order valence-electron chi connectivity index (χ2n) is 7.95. The van der Waals surface area contributed by atoms with E-state index in [4.69, 9.17) is 0 Å². The summed E-state index contributed by atoms with van der Waals surface area (Å²) in [6.45, 7) is 5.82. The molecule has 4 rings (SSSR count). The van der Waals surface area contributed by atoms with E-state index in [-0.39, 0.29) is 11.8 Å². The van der Waals surface area contributed by atoms with Crippen LogP contribution in [-0.4, -0.2) is 44.6 Å². The molecule has 0 unspecified atom stereocenters. The fourth-order valence-corrected chi connectivity index (χ4v) is 4.07. The number of piperidine rings is 1. The average Bonchev–Trinajstić information content (AvgIpc) is 3.05. The van der Waals surface area contributed by atoms with Crippen LogP contribution >= 0.6 is 0 Å². The molecule has 1 aliphatic rings. The van der Waals surface area contributed by atoms with Crippen LogP contribution in [0, 0.1) is 13.8 Å². The Balaban J connectivity index is 1.46. The minimum atomic E-state index is -0.157. The first-order valence-electron chi connectivity index (χ1n) is 10.4. The number of aryl methyl sites for hydroxylation is 3. The van der Waals surface area contributed by atoms with Gasteiger partial charge in [-0.1, -0.05) is 12.1 Å². The van der Waals surface area contributed by atoms with Crippen molar-refractivity contribution in [1.29, 1.82) is 0 Å². The first-order valence-corrected chi connectivity index (χ1v) is 10.4. The number of amides is 2. The SMILES string of the molecule is Cc1cc(C(=O)NCc2ccc(C(=O)N3CCCCC3)cc2)c2c(C)nn(C)c2n1. The quantitative estimate of drug-likeness (QED) is 0.723. The molecule has 3 aromatic rings. The Morgan fingerprint density at radius 3 is 2.47 bits per heavy atom. The number of rotatable bonds is 4. The predicted molar refractivity (Wildman–Crippen MR) is 115 cm³/mol. The smallest absolute Gasteiger partial charge is 0.253 e. The molecule has 1 fully saturated rings. The topological polar surface area (TPSA) is 80.1 Å². The third kappa shape index (κ3) is 3.92. The molecule has 0 bridgehead atoms. The molecule has 0 spiro atoms. The maximum absolute atomic E-state index is 12.9. The van der Waals surface area contributed by atoms with E-state index in [1.54, 1.807) is 10.7 Å². The Labute approximate surface area is 176 Å². The summed E-state index contributed by atoms with van der Waals surface area (Å²) >= 11 is 0. The molecule has 1 aliphatic heterocycles. The lowest BCUT2D eigenvalue weighted by Gasteiger charge is -2.26. The number of aromatic nitrogens is 3. The van der Waals surface area contributed by atoms with Gasteiger partial charge in [0.2, 0.25) is 0 Å². The van der Waals surface area contributed by atoms with Gasteiger partial charge in [0.25, 0.3) is 11.8 Å². The van der Waals surface area contributed by atoms with Crippen molar-refractivity contribution in [3.63, 3.8) is 0 Å². The van der Waals surface area contributed by atoms with E-state index in [1.807, 2.05) is 50.1 Å². The number of nitrogens with zero attached hydrogens (tertiary/aromatic N) is 4. The molecule has 1 N–H and O–H groups in total. The highest BCUT2D eigenvalue weighted by atomic mass is 16.2. The summed E-state index contributed by atoms with van der Waals surface area (Å²) in [5.74, 6) is -0.0675. The van der Waals surface area contributed by atoms with Gasteiger partial charge in [-0.3, -0.25) is 14.3 Å². The number of fused-ring (bicyclic) bond motifs is 1. The Morgan fingerprint density at radius 2 is 1.77 bits per heavy atom. The first kappa shape index (κ1) is 20.1. The highest BCUT2D eigenvalue weighted by molar-refractivity contribution is 6.06. The first-order chi connectivity index (χ1) is 14.4. The molecule has 156 valence electrons. The minimum absolute atomic E-state index is 0.0898. The maximum atomic E-state index is 12.9. The molecule has 2 aromatic heterocycles. The molecule has 1 saturated heterocycles. The van der Waals surface area contributed by atoms with E-state index in [0.717, 1.165) is 48.3 Å². The van der Waals surface area contributed by atoms with Crippen LogP contribution in [0.4, 0.5) is 0 Å². The molecule has 7 heteroatoms. The fourth-order valence-electron chi connectivity index (χ4n) is 4.07. The van der Waals surface area contributed by atoms with E-state index in [2.05, 4.69) is 15.4 Å². The molecule has 30 heavy (non-hydrogen) atoms. The van der Waals surface area contributed by atoms with Crippen molar-refractivity contribution in [3.05, 3.63) is 58.4 Å². The number of nitrogens with one attached hydrogen (secondary N) is 1. The predicted octanol–water partition coefficient (Wildman–Crippen LogP) is 3.14. The lowest BCUT2D eigenvalue weighted by molar-refractivity contribution is 0.0724. The van der Waals surface area contributed by atoms with Crippen molar-refractivity contribution in [2.24, 2.45) is 7.05 Å². The molecule has 2 amide bonds. The van der Waals surface area contributed by atoms with Crippen molar-refractivity contribution in [3.8, 4) is 0 Å². The van der Waals surface area contributed by atoms with Crippen LogP contribution in [0.25, 0.3) is 11.0 Å². The van der Waals surface area contributed by atoms with Gasteiger partial charge in [-0.2, -0.15) is 5.10 Å². The Kier molecular flexibility index (Phi) is 5.53. The van der Waals surface area contributed by atoms with Gasteiger partial charge in [0.15, 0.2) is 5.65 Å². The van der Waals surface area contributed by atoms with Gasteiger partial charge in [0.1, 0.15) is 0 Å². The number of pyridine rings is 1. The van der Waals surface area contributed by atoms with Crippen molar-refractivity contribution in [1.82, 2.24) is 25.0 Å². The van der Waals surface area contributed by atoms with Crippen LogP contribution in [0.3, 0.4) is 0 Å². The maximum Gasteiger partial charge on any atom is 0.253 e. The number of hydrogen-bond donors (Lipinski definition) is 1. The molecule has 0 radical (unpaired) electrons. The van der Waals surface area contributed by atoms with E-state index < -0.39 is 0 Å². The minimum Gasteiger partial charge on any atom is -0.348 e. The van der Waals surface area contributed by atoms with Crippen LogP contribution < -0.4 is 5.32 Å². The van der Waals surface area contributed by atoms with Crippen LogP contribution in [-0.2, 0) is 13.6 Å². The lowest BCUT2D eigenvalue weighted by atomic mass is 10.1. The monoisotopic (exact) mass is 405 g/mol. The molecule has 0 saturated carbocycles. The van der Waals surface area contributed by atoms with Crippen LogP contribution in [0.1, 0.15) is 56.9 Å². The van der Waals surface area contributed by atoms with E-state index in [0.29, 0.717) is 23.3 Å². The van der Waals surface area contributed by atoms with Crippen molar-refractivity contribution < 1.29 is 9.59 Å². The molecular weight excluding hydrogens is 378 g/mol. The summed E-state index contributed by atoms with van der Waals surface area (Å²) in [6, 6.07) is 9.30. The van der Waals surface area contributed by atoms with Gasteiger partial charge >= 0.3 is 0 Å². The number of hydrogen-bond acceptors (Lipinski definition) is 4. The van der Waals surface area contributed by atoms with Gasteiger partial charge in [0.05, 0.1) is 16.6 Å². The summed E-state index contributed by atoms with van der Waals surface area (Å²) in [6.07, 6.45) is 3.35. The van der Waals surface area contributed by atoms with E-state index in [1.165, 1.54) is 6.42 Å². The summed E-state index contributed by atoms with van der Waals surface area (Å²) in [5.41, 5.74) is 4.49. The van der Waals surface area contributed by atoms with Crippen LogP contribution in [0.2, 0.25) is 0 Å². The highest BCUT2D eigenvalue weighted by Gasteiger charge is 2.19. The van der Waals surface area contributed by atoms with Crippen molar-refractivity contribution in [2.75, 3.05) is 13.1 Å². The highest BCUT2D eigenvalue weighted by Crippen LogP contribution is 2.21. The van der Waals surface area contributed by atoms with Crippen molar-refractivity contribution >= 4 is 22.8 Å². The summed E-state index contributed by atoms with van der Waals surface area (Å²) < 4.78 is 1.70. The summed E-state index contributed by atoms with van der Waals surface area (Å²) in [7, 11) is 1.83. The zero-order valence-corrected chi connectivity index (χ0v) is 17.7. The second-order valence-corrected chi connectivity index (χ2v) is 7.95.